The highest BCUT2D eigenvalue weighted by Crippen LogP contribution is 2.26. The zero-order valence-corrected chi connectivity index (χ0v) is 20.9. The number of aromatic nitrogens is 4. The minimum Gasteiger partial charge on any atom is -0.497 e. The molecule has 1 unspecified atom stereocenters. The topological polar surface area (TPSA) is 81.4 Å². The highest BCUT2D eigenvalue weighted by atomic mass is 32.2. The fraction of sp³-hybridized carbons (Fsp3) is 0.308. The van der Waals surface area contributed by atoms with E-state index in [4.69, 9.17) is 9.72 Å². The quantitative estimate of drug-likeness (QED) is 0.355. The largest absolute Gasteiger partial charge is 0.497 e. The lowest BCUT2D eigenvalue weighted by Gasteiger charge is -2.13. The van der Waals surface area contributed by atoms with E-state index in [0.717, 1.165) is 23.4 Å². The Morgan fingerprint density at radius 2 is 1.91 bits per heavy atom. The van der Waals surface area contributed by atoms with Crippen LogP contribution in [-0.4, -0.2) is 37.8 Å². The summed E-state index contributed by atoms with van der Waals surface area (Å²) in [5, 5.41) is 7.85. The van der Waals surface area contributed by atoms with Gasteiger partial charge in [0.15, 0.2) is 0 Å². The summed E-state index contributed by atoms with van der Waals surface area (Å²) in [6.07, 6.45) is 1.42. The zero-order valence-electron chi connectivity index (χ0n) is 20.1. The van der Waals surface area contributed by atoms with E-state index in [1.165, 1.54) is 22.9 Å². The third kappa shape index (κ3) is 5.22. The number of carbonyl (C=O) groups excluding carboxylic acids is 1. The Bertz CT molecular complexity index is 1330. The van der Waals surface area contributed by atoms with Crippen LogP contribution in [0, 0.1) is 20.8 Å². The summed E-state index contributed by atoms with van der Waals surface area (Å²) in [4.78, 5) is 22.2. The van der Waals surface area contributed by atoms with E-state index < -0.39 is 0 Å². The van der Waals surface area contributed by atoms with Gasteiger partial charge in [0.2, 0.25) is 11.1 Å². The van der Waals surface area contributed by atoms with Crippen molar-refractivity contribution in [3.8, 4) is 5.75 Å². The highest BCUT2D eigenvalue weighted by molar-refractivity contribution is 8.00. The average Bonchev–Trinajstić information content (AvgIpc) is 3.23. The van der Waals surface area contributed by atoms with Crippen LogP contribution in [0.15, 0.2) is 53.7 Å². The van der Waals surface area contributed by atoms with E-state index in [9.17, 15) is 4.79 Å². The molecule has 0 radical (unpaired) electrons. The van der Waals surface area contributed by atoms with Crippen molar-refractivity contribution < 1.29 is 9.53 Å². The number of carbonyl (C=O) groups is 1. The van der Waals surface area contributed by atoms with Crippen LogP contribution in [0.25, 0.3) is 5.78 Å². The van der Waals surface area contributed by atoms with Crippen LogP contribution in [-0.2, 0) is 11.2 Å². The van der Waals surface area contributed by atoms with Crippen LogP contribution < -0.4 is 10.1 Å². The van der Waals surface area contributed by atoms with E-state index in [1.54, 1.807) is 17.7 Å². The van der Waals surface area contributed by atoms with E-state index in [0.29, 0.717) is 28.8 Å². The fourth-order valence-corrected chi connectivity index (χ4v) is 4.75. The molecule has 0 aliphatic carbocycles. The molecule has 2 aromatic heterocycles. The van der Waals surface area contributed by atoms with Crippen molar-refractivity contribution >= 4 is 29.1 Å². The first-order chi connectivity index (χ1) is 16.4. The second kappa shape index (κ2) is 10.3. The number of thioether (sulfide) groups is 1. The van der Waals surface area contributed by atoms with Gasteiger partial charge in [0.25, 0.3) is 5.78 Å². The van der Waals surface area contributed by atoms with E-state index in [1.807, 2.05) is 39.0 Å². The molecule has 1 N–H and O–H groups in total. The molecule has 8 heteroatoms. The molecule has 0 spiro atoms. The monoisotopic (exact) mass is 475 g/mol. The van der Waals surface area contributed by atoms with Crippen LogP contribution in [0.5, 0.6) is 5.75 Å². The Kier molecular flexibility index (Phi) is 7.17. The van der Waals surface area contributed by atoms with Gasteiger partial charge in [0.1, 0.15) is 5.75 Å². The van der Waals surface area contributed by atoms with Gasteiger partial charge in [-0.05, 0) is 50.5 Å². The molecule has 7 nitrogen and oxygen atoms in total. The molecule has 176 valence electrons. The van der Waals surface area contributed by atoms with Gasteiger partial charge >= 0.3 is 0 Å². The van der Waals surface area contributed by atoms with E-state index >= 15 is 0 Å². The lowest BCUT2D eigenvalue weighted by Crippen LogP contribution is -2.24. The Balaban J connectivity index is 1.55. The zero-order chi connectivity index (χ0) is 24.2. The predicted octanol–water partition coefficient (Wildman–Crippen LogP) is 5.16. The molecular formula is C26H29N5O2S. The van der Waals surface area contributed by atoms with Crippen LogP contribution in [0.2, 0.25) is 0 Å². The maximum Gasteiger partial charge on any atom is 0.253 e. The van der Waals surface area contributed by atoms with Crippen molar-refractivity contribution in [3.63, 3.8) is 0 Å². The minimum atomic E-state index is -0.336. The maximum absolute atomic E-state index is 12.9. The molecule has 4 rings (SSSR count). The number of hydrogen-bond donors (Lipinski definition) is 1. The van der Waals surface area contributed by atoms with Crippen molar-refractivity contribution in [2.24, 2.45) is 0 Å². The summed E-state index contributed by atoms with van der Waals surface area (Å²) in [7, 11) is 1.60. The number of aryl methyl sites for hydroxylation is 3. The fourth-order valence-electron chi connectivity index (χ4n) is 3.90. The Labute approximate surface area is 204 Å². The molecule has 0 fully saturated rings. The Morgan fingerprint density at radius 3 is 2.65 bits per heavy atom. The number of nitrogens with zero attached hydrogens (tertiary/aromatic N) is 4. The molecule has 4 aromatic rings. The van der Waals surface area contributed by atoms with Gasteiger partial charge in [0.05, 0.1) is 12.4 Å². The first kappa shape index (κ1) is 23.8. The molecule has 2 aromatic carbocycles. The molecular weight excluding hydrogens is 446 g/mol. The molecule has 34 heavy (non-hydrogen) atoms. The first-order valence-corrected chi connectivity index (χ1v) is 12.2. The minimum absolute atomic E-state index is 0.0967. The standard InChI is InChI=1S/C26H29N5O2S/c1-6-23(24(32)28-20-11-8-12-21(15-20)33-5)34-26-29-25-27-17(3)22(18(4)31(25)30-26)14-19-10-7-9-16(2)13-19/h7-13,15,23H,6,14H2,1-5H3,(H,28,32). The average molecular weight is 476 g/mol. The molecule has 2 heterocycles. The number of methoxy groups -OCH3 is 1. The number of benzene rings is 2. The normalized spacial score (nSPS) is 12.0. The number of nitrogens with one attached hydrogen (secondary N) is 1. The molecule has 0 saturated carbocycles. The van der Waals surface area contributed by atoms with Crippen LogP contribution in [0.1, 0.15) is 41.4 Å². The number of anilines is 1. The maximum atomic E-state index is 12.9. The summed E-state index contributed by atoms with van der Waals surface area (Å²) in [5.74, 6) is 1.15. The summed E-state index contributed by atoms with van der Waals surface area (Å²) in [6, 6.07) is 15.8. The van der Waals surface area contributed by atoms with E-state index in [2.05, 4.69) is 46.6 Å². The SMILES string of the molecule is CCC(Sc1nc2nc(C)c(Cc3cccc(C)c3)c(C)n2n1)C(=O)Nc1cccc(OC)c1. The number of amides is 1. The number of rotatable bonds is 8. The summed E-state index contributed by atoms with van der Waals surface area (Å²) in [6.45, 7) is 8.13. The summed E-state index contributed by atoms with van der Waals surface area (Å²) < 4.78 is 7.02. The van der Waals surface area contributed by atoms with Crippen LogP contribution in [0.3, 0.4) is 0 Å². The van der Waals surface area contributed by atoms with Crippen molar-refractivity contribution in [3.05, 3.63) is 76.6 Å². The Morgan fingerprint density at radius 1 is 1.12 bits per heavy atom. The third-order valence-electron chi connectivity index (χ3n) is 5.74. The Hall–Kier alpha value is -3.39. The lowest BCUT2D eigenvalue weighted by atomic mass is 10.0. The van der Waals surface area contributed by atoms with Gasteiger partial charge in [-0.25, -0.2) is 9.50 Å². The van der Waals surface area contributed by atoms with Gasteiger partial charge in [0, 0.05) is 29.6 Å². The van der Waals surface area contributed by atoms with Gasteiger partial charge < -0.3 is 10.1 Å². The van der Waals surface area contributed by atoms with Gasteiger partial charge in [-0.15, -0.1) is 5.10 Å². The summed E-state index contributed by atoms with van der Waals surface area (Å²) >= 11 is 1.35. The highest BCUT2D eigenvalue weighted by Gasteiger charge is 2.22. The van der Waals surface area contributed by atoms with Crippen molar-refractivity contribution in [1.29, 1.82) is 0 Å². The van der Waals surface area contributed by atoms with Crippen molar-refractivity contribution in [2.45, 2.75) is 50.9 Å². The molecule has 1 amide bonds. The second-order valence-corrected chi connectivity index (χ2v) is 9.44. The molecule has 0 aliphatic rings. The number of hydrogen-bond acceptors (Lipinski definition) is 6. The molecule has 1 atom stereocenters. The van der Waals surface area contributed by atoms with Crippen molar-refractivity contribution in [2.75, 3.05) is 12.4 Å². The van der Waals surface area contributed by atoms with Crippen molar-refractivity contribution in [1.82, 2.24) is 19.6 Å². The van der Waals surface area contributed by atoms with Gasteiger partial charge in [-0.3, -0.25) is 4.79 Å². The van der Waals surface area contributed by atoms with Crippen LogP contribution in [0.4, 0.5) is 5.69 Å². The second-order valence-electron chi connectivity index (χ2n) is 8.27. The van der Waals surface area contributed by atoms with Crippen LogP contribution >= 0.6 is 11.8 Å². The number of ether oxygens (including phenoxy) is 1. The predicted molar refractivity (Wildman–Crippen MR) is 136 cm³/mol. The van der Waals surface area contributed by atoms with Gasteiger partial charge in [-0.2, -0.15) is 4.98 Å². The third-order valence-corrected chi connectivity index (χ3v) is 6.96. The molecule has 0 saturated heterocycles. The summed E-state index contributed by atoms with van der Waals surface area (Å²) in [5.41, 5.74) is 6.26. The first-order valence-electron chi connectivity index (χ1n) is 11.3. The molecule has 0 bridgehead atoms. The van der Waals surface area contributed by atoms with E-state index in [-0.39, 0.29) is 11.2 Å². The smallest absolute Gasteiger partial charge is 0.253 e. The lowest BCUT2D eigenvalue weighted by molar-refractivity contribution is -0.115. The van der Waals surface area contributed by atoms with Gasteiger partial charge in [-0.1, -0.05) is 54.6 Å². The molecule has 0 aliphatic heterocycles. The number of fused-ring (bicyclic) bond motifs is 1.